The number of phenols is 2. The maximum absolute atomic E-state index is 11.5. The number of phenolic OH excluding ortho intramolecular Hbond substituents is 2. The lowest BCUT2D eigenvalue weighted by Crippen LogP contribution is -2.11. The molecule has 2 rings (SSSR count). The number of rotatable bonds is 1. The van der Waals surface area contributed by atoms with Gasteiger partial charge in [0.25, 0.3) is 0 Å². The van der Waals surface area contributed by atoms with E-state index >= 15 is 0 Å². The highest BCUT2D eigenvalue weighted by atomic mass is 16.5. The minimum absolute atomic E-state index is 0.0375. The number of ether oxygens (including phenoxy) is 1. The SMILES string of the molecule is COc1c(O)cc2c(c1O)CCCC2=O. The van der Waals surface area contributed by atoms with Crippen LogP contribution in [-0.4, -0.2) is 23.1 Å². The molecule has 0 saturated carbocycles. The van der Waals surface area contributed by atoms with Crippen molar-refractivity contribution >= 4 is 5.78 Å². The summed E-state index contributed by atoms with van der Waals surface area (Å²) in [6.07, 6.45) is 1.84. The molecule has 2 N–H and O–H groups in total. The van der Waals surface area contributed by atoms with Crippen molar-refractivity contribution in [2.45, 2.75) is 19.3 Å². The number of hydrogen-bond acceptors (Lipinski definition) is 4. The number of ketones is 1. The minimum atomic E-state index is -0.191. The molecule has 1 aliphatic carbocycles. The van der Waals surface area contributed by atoms with E-state index in [1.165, 1.54) is 13.2 Å². The van der Waals surface area contributed by atoms with Crippen molar-refractivity contribution in [3.8, 4) is 17.2 Å². The van der Waals surface area contributed by atoms with Crippen LogP contribution in [-0.2, 0) is 6.42 Å². The number of carbonyl (C=O) groups is 1. The fraction of sp³-hybridized carbons (Fsp3) is 0.364. The van der Waals surface area contributed by atoms with E-state index in [1.807, 2.05) is 0 Å². The van der Waals surface area contributed by atoms with Crippen LogP contribution in [0.25, 0.3) is 0 Å². The van der Waals surface area contributed by atoms with Gasteiger partial charge in [0.15, 0.2) is 17.3 Å². The molecular formula is C11H12O4. The molecule has 15 heavy (non-hydrogen) atoms. The van der Waals surface area contributed by atoms with Crippen molar-refractivity contribution in [1.82, 2.24) is 0 Å². The number of methoxy groups -OCH3 is 1. The molecule has 0 radical (unpaired) electrons. The Bertz CT molecular complexity index is 423. The van der Waals surface area contributed by atoms with Gasteiger partial charge in [0.1, 0.15) is 0 Å². The summed E-state index contributed by atoms with van der Waals surface area (Å²) in [5.41, 5.74) is 0.998. The van der Waals surface area contributed by atoms with Gasteiger partial charge in [0.2, 0.25) is 5.75 Å². The summed E-state index contributed by atoms with van der Waals surface area (Å²) in [7, 11) is 1.37. The highest BCUT2D eigenvalue weighted by Crippen LogP contribution is 2.42. The normalized spacial score (nSPS) is 14.9. The zero-order valence-corrected chi connectivity index (χ0v) is 8.41. The number of hydrogen-bond donors (Lipinski definition) is 2. The lowest BCUT2D eigenvalue weighted by Gasteiger charge is -2.18. The van der Waals surface area contributed by atoms with Gasteiger partial charge in [-0.05, 0) is 18.9 Å². The lowest BCUT2D eigenvalue weighted by atomic mass is 9.89. The van der Waals surface area contributed by atoms with Crippen LogP contribution in [0.15, 0.2) is 6.07 Å². The summed E-state index contributed by atoms with van der Waals surface area (Å²) in [6.45, 7) is 0. The smallest absolute Gasteiger partial charge is 0.203 e. The zero-order valence-electron chi connectivity index (χ0n) is 8.41. The molecule has 0 bridgehead atoms. The van der Waals surface area contributed by atoms with Crippen molar-refractivity contribution in [3.63, 3.8) is 0 Å². The third kappa shape index (κ3) is 1.42. The maximum Gasteiger partial charge on any atom is 0.203 e. The second-order valence-corrected chi connectivity index (χ2v) is 3.58. The summed E-state index contributed by atoms with van der Waals surface area (Å²) in [4.78, 5) is 11.5. The van der Waals surface area contributed by atoms with E-state index in [4.69, 9.17) is 4.74 Å². The Morgan fingerprint density at radius 3 is 2.73 bits per heavy atom. The molecule has 0 heterocycles. The molecule has 80 valence electrons. The standard InChI is InChI=1S/C11H12O4/c1-15-11-9(13)5-7-6(10(11)14)3-2-4-8(7)12/h5,13-14H,2-4H2,1H3. The topological polar surface area (TPSA) is 66.8 Å². The maximum atomic E-state index is 11.5. The summed E-state index contributed by atoms with van der Waals surface area (Å²) < 4.78 is 4.87. The fourth-order valence-corrected chi connectivity index (χ4v) is 1.94. The molecule has 0 fully saturated rings. The molecule has 1 aliphatic rings. The monoisotopic (exact) mass is 208 g/mol. The summed E-state index contributed by atoms with van der Waals surface area (Å²) in [5, 5.41) is 19.3. The van der Waals surface area contributed by atoms with Crippen LogP contribution in [0.4, 0.5) is 0 Å². The van der Waals surface area contributed by atoms with Crippen molar-refractivity contribution in [3.05, 3.63) is 17.2 Å². The van der Waals surface area contributed by atoms with Gasteiger partial charge in [-0.15, -0.1) is 0 Å². The van der Waals surface area contributed by atoms with Crippen LogP contribution < -0.4 is 4.74 Å². The van der Waals surface area contributed by atoms with Crippen molar-refractivity contribution in [2.75, 3.05) is 7.11 Å². The van der Waals surface area contributed by atoms with E-state index in [0.29, 0.717) is 24.0 Å². The molecular weight excluding hydrogens is 196 g/mol. The van der Waals surface area contributed by atoms with Crippen LogP contribution in [0, 0.1) is 0 Å². The van der Waals surface area contributed by atoms with E-state index in [0.717, 1.165) is 6.42 Å². The Morgan fingerprint density at radius 1 is 1.33 bits per heavy atom. The minimum Gasteiger partial charge on any atom is -0.504 e. The van der Waals surface area contributed by atoms with Gasteiger partial charge in [-0.2, -0.15) is 0 Å². The van der Waals surface area contributed by atoms with Gasteiger partial charge in [-0.1, -0.05) is 0 Å². The number of benzene rings is 1. The van der Waals surface area contributed by atoms with Gasteiger partial charge in [-0.3, -0.25) is 4.79 Å². The largest absolute Gasteiger partial charge is 0.504 e. The van der Waals surface area contributed by atoms with Gasteiger partial charge in [0.05, 0.1) is 7.11 Å². The number of fused-ring (bicyclic) bond motifs is 1. The summed E-state index contributed by atoms with van der Waals surface area (Å²) in [6, 6.07) is 1.37. The molecule has 0 saturated heterocycles. The van der Waals surface area contributed by atoms with Gasteiger partial charge < -0.3 is 14.9 Å². The summed E-state index contributed by atoms with van der Waals surface area (Å²) >= 11 is 0. The Balaban J connectivity index is 2.66. The van der Waals surface area contributed by atoms with Crippen molar-refractivity contribution in [1.29, 1.82) is 0 Å². The predicted octanol–water partition coefficient (Wildman–Crippen LogP) is 1.63. The number of carbonyl (C=O) groups excluding carboxylic acids is 1. The molecule has 0 atom stereocenters. The molecule has 0 amide bonds. The quantitative estimate of drug-likeness (QED) is 0.736. The van der Waals surface area contributed by atoms with Crippen molar-refractivity contribution < 1.29 is 19.7 Å². The molecule has 1 aromatic rings. The van der Waals surface area contributed by atoms with Crippen LogP contribution in [0.3, 0.4) is 0 Å². The Kier molecular flexibility index (Phi) is 2.26. The van der Waals surface area contributed by atoms with Crippen molar-refractivity contribution in [2.24, 2.45) is 0 Å². The molecule has 0 unspecified atom stereocenters. The van der Waals surface area contributed by atoms with E-state index in [-0.39, 0.29) is 23.0 Å². The highest BCUT2D eigenvalue weighted by Gasteiger charge is 2.24. The van der Waals surface area contributed by atoms with E-state index in [9.17, 15) is 15.0 Å². The molecule has 4 nitrogen and oxygen atoms in total. The van der Waals surface area contributed by atoms with Gasteiger partial charge in [-0.25, -0.2) is 0 Å². The van der Waals surface area contributed by atoms with E-state index in [2.05, 4.69) is 0 Å². The first-order valence-electron chi connectivity index (χ1n) is 4.80. The molecule has 1 aromatic carbocycles. The van der Waals surface area contributed by atoms with Gasteiger partial charge >= 0.3 is 0 Å². The first-order chi connectivity index (χ1) is 7.15. The third-order valence-electron chi connectivity index (χ3n) is 2.67. The average Bonchev–Trinajstić information content (AvgIpc) is 2.20. The van der Waals surface area contributed by atoms with Crippen LogP contribution in [0.5, 0.6) is 17.2 Å². The second-order valence-electron chi connectivity index (χ2n) is 3.58. The average molecular weight is 208 g/mol. The number of Topliss-reactive ketones (excluding diaryl/α,β-unsaturated/α-hetero) is 1. The fourth-order valence-electron chi connectivity index (χ4n) is 1.94. The third-order valence-corrected chi connectivity index (χ3v) is 2.67. The number of aromatic hydroxyl groups is 2. The Labute approximate surface area is 87.1 Å². The molecule has 4 heteroatoms. The zero-order chi connectivity index (χ0) is 11.0. The Morgan fingerprint density at radius 2 is 2.07 bits per heavy atom. The second kappa shape index (κ2) is 3.46. The Hall–Kier alpha value is -1.71. The van der Waals surface area contributed by atoms with E-state index < -0.39 is 0 Å². The van der Waals surface area contributed by atoms with Crippen LogP contribution >= 0.6 is 0 Å². The molecule has 0 spiro atoms. The first kappa shape index (κ1) is 9.83. The first-order valence-corrected chi connectivity index (χ1v) is 4.80. The van der Waals surface area contributed by atoms with Crippen LogP contribution in [0.2, 0.25) is 0 Å². The highest BCUT2D eigenvalue weighted by molar-refractivity contribution is 6.00. The lowest BCUT2D eigenvalue weighted by molar-refractivity contribution is 0.0971. The molecule has 0 aliphatic heterocycles. The van der Waals surface area contributed by atoms with Crippen LogP contribution in [0.1, 0.15) is 28.8 Å². The molecule has 0 aromatic heterocycles. The summed E-state index contributed by atoms with van der Waals surface area (Å²) in [5.74, 6) is -0.294. The van der Waals surface area contributed by atoms with Gasteiger partial charge in [0, 0.05) is 17.5 Å². The van der Waals surface area contributed by atoms with E-state index in [1.54, 1.807) is 0 Å². The predicted molar refractivity (Wildman–Crippen MR) is 53.6 cm³/mol.